The molecule has 92 valence electrons. The molecule has 1 aliphatic rings. The van der Waals surface area contributed by atoms with Gasteiger partial charge in [0.1, 0.15) is 0 Å². The molecule has 1 amide bonds. The highest BCUT2D eigenvalue weighted by molar-refractivity contribution is 5.94. The summed E-state index contributed by atoms with van der Waals surface area (Å²) < 4.78 is 0. The highest BCUT2D eigenvalue weighted by Gasteiger charge is 2.20. The number of nitrogens with two attached hydrogens (primary N) is 1. The lowest BCUT2D eigenvalue weighted by atomic mass is 10.2. The maximum Gasteiger partial charge on any atom is 0.255 e. The van der Waals surface area contributed by atoms with Gasteiger partial charge in [0.2, 0.25) is 0 Å². The van der Waals surface area contributed by atoms with E-state index in [4.69, 9.17) is 5.73 Å². The van der Waals surface area contributed by atoms with Crippen molar-refractivity contribution in [3.05, 3.63) is 29.6 Å². The van der Waals surface area contributed by atoms with Gasteiger partial charge in [0.15, 0.2) is 0 Å². The van der Waals surface area contributed by atoms with Crippen LogP contribution in [0, 0.1) is 0 Å². The Balaban J connectivity index is 2.03. The van der Waals surface area contributed by atoms with Gasteiger partial charge in [-0.1, -0.05) is 0 Å². The topological polar surface area (TPSA) is 62.5 Å². The molecule has 2 rings (SSSR count). The van der Waals surface area contributed by atoms with E-state index in [1.54, 1.807) is 12.3 Å². The van der Waals surface area contributed by atoms with E-state index in [9.17, 15) is 4.79 Å². The Morgan fingerprint density at radius 3 is 2.59 bits per heavy atom. The monoisotopic (exact) mass is 234 g/mol. The van der Waals surface area contributed by atoms with Gasteiger partial charge in [-0.05, 0) is 19.2 Å². The van der Waals surface area contributed by atoms with Crippen LogP contribution in [0.4, 0.5) is 0 Å². The van der Waals surface area contributed by atoms with Crippen LogP contribution in [0.5, 0.6) is 0 Å². The fourth-order valence-corrected chi connectivity index (χ4v) is 1.86. The molecule has 5 nitrogen and oxygen atoms in total. The summed E-state index contributed by atoms with van der Waals surface area (Å²) in [4.78, 5) is 20.4. The summed E-state index contributed by atoms with van der Waals surface area (Å²) in [7, 11) is 2.07. The molecule has 0 radical (unpaired) electrons. The Hall–Kier alpha value is -1.46. The van der Waals surface area contributed by atoms with E-state index in [0.29, 0.717) is 12.1 Å². The molecule has 1 aliphatic heterocycles. The van der Waals surface area contributed by atoms with Crippen LogP contribution in [0.2, 0.25) is 0 Å². The first kappa shape index (κ1) is 12.0. The standard InChI is InChI=1S/C12H18N4O/c1-15-4-6-16(7-5-15)12(17)10-2-3-11(8-13)14-9-10/h2-3,9H,4-8,13H2,1H3. The quantitative estimate of drug-likeness (QED) is 0.778. The summed E-state index contributed by atoms with van der Waals surface area (Å²) in [6.45, 7) is 3.84. The van der Waals surface area contributed by atoms with Crippen LogP contribution in [0.15, 0.2) is 18.3 Å². The van der Waals surface area contributed by atoms with Crippen LogP contribution >= 0.6 is 0 Å². The number of piperazine rings is 1. The summed E-state index contributed by atoms with van der Waals surface area (Å²) in [6, 6.07) is 3.61. The van der Waals surface area contributed by atoms with Crippen LogP contribution in [-0.2, 0) is 6.54 Å². The molecule has 0 saturated carbocycles. The number of amides is 1. The molecular weight excluding hydrogens is 216 g/mol. The van der Waals surface area contributed by atoms with Gasteiger partial charge in [0, 0.05) is 38.9 Å². The van der Waals surface area contributed by atoms with Crippen molar-refractivity contribution in [1.82, 2.24) is 14.8 Å². The van der Waals surface area contributed by atoms with Gasteiger partial charge in [-0.25, -0.2) is 0 Å². The van der Waals surface area contributed by atoms with Gasteiger partial charge in [-0.3, -0.25) is 9.78 Å². The van der Waals surface area contributed by atoms with Crippen LogP contribution in [0.1, 0.15) is 16.1 Å². The number of carbonyl (C=O) groups is 1. The molecule has 2 heterocycles. The van der Waals surface area contributed by atoms with Gasteiger partial charge < -0.3 is 15.5 Å². The number of rotatable bonds is 2. The Bertz CT molecular complexity index is 382. The fraction of sp³-hybridized carbons (Fsp3) is 0.500. The number of carbonyl (C=O) groups excluding carboxylic acids is 1. The normalized spacial score (nSPS) is 17.2. The van der Waals surface area contributed by atoms with E-state index in [-0.39, 0.29) is 5.91 Å². The summed E-state index contributed by atoms with van der Waals surface area (Å²) in [5.74, 6) is 0.0640. The maximum atomic E-state index is 12.1. The minimum Gasteiger partial charge on any atom is -0.336 e. The van der Waals surface area contributed by atoms with E-state index in [1.165, 1.54) is 0 Å². The zero-order chi connectivity index (χ0) is 12.3. The lowest BCUT2D eigenvalue weighted by Crippen LogP contribution is -2.47. The second kappa shape index (κ2) is 5.25. The highest BCUT2D eigenvalue weighted by Crippen LogP contribution is 2.07. The largest absolute Gasteiger partial charge is 0.336 e. The molecule has 0 bridgehead atoms. The Kier molecular flexibility index (Phi) is 3.71. The van der Waals surface area contributed by atoms with Gasteiger partial charge >= 0.3 is 0 Å². The number of likely N-dealkylation sites (N-methyl/N-ethyl adjacent to an activating group) is 1. The molecule has 0 unspecified atom stereocenters. The van der Waals surface area contributed by atoms with Gasteiger partial charge in [0.05, 0.1) is 11.3 Å². The van der Waals surface area contributed by atoms with E-state index >= 15 is 0 Å². The van der Waals surface area contributed by atoms with Crippen molar-refractivity contribution >= 4 is 5.91 Å². The molecule has 2 N–H and O–H groups in total. The highest BCUT2D eigenvalue weighted by atomic mass is 16.2. The Morgan fingerprint density at radius 1 is 1.35 bits per heavy atom. The van der Waals surface area contributed by atoms with Crippen molar-refractivity contribution in [1.29, 1.82) is 0 Å². The number of hydrogen-bond acceptors (Lipinski definition) is 4. The summed E-state index contributed by atoms with van der Waals surface area (Å²) in [5, 5.41) is 0. The minimum atomic E-state index is 0.0640. The fourth-order valence-electron chi connectivity index (χ4n) is 1.86. The second-order valence-electron chi connectivity index (χ2n) is 4.34. The van der Waals surface area contributed by atoms with Crippen LogP contribution < -0.4 is 5.73 Å². The lowest BCUT2D eigenvalue weighted by Gasteiger charge is -2.32. The third kappa shape index (κ3) is 2.81. The van der Waals surface area contributed by atoms with Crippen LogP contribution in [0.3, 0.4) is 0 Å². The molecule has 1 aromatic heterocycles. The Labute approximate surface area is 101 Å². The van der Waals surface area contributed by atoms with Gasteiger partial charge in [-0.15, -0.1) is 0 Å². The first-order chi connectivity index (χ1) is 8.20. The first-order valence-electron chi connectivity index (χ1n) is 5.83. The molecule has 5 heteroatoms. The van der Waals surface area contributed by atoms with Crippen molar-refractivity contribution in [3.63, 3.8) is 0 Å². The minimum absolute atomic E-state index is 0.0640. The molecule has 0 aromatic carbocycles. The molecule has 1 saturated heterocycles. The number of nitrogens with zero attached hydrogens (tertiary/aromatic N) is 3. The van der Waals surface area contributed by atoms with Gasteiger partial charge in [0.25, 0.3) is 5.91 Å². The smallest absolute Gasteiger partial charge is 0.255 e. The third-order valence-corrected chi connectivity index (χ3v) is 3.07. The lowest BCUT2D eigenvalue weighted by molar-refractivity contribution is 0.0663. The average molecular weight is 234 g/mol. The molecule has 0 aliphatic carbocycles. The Morgan fingerprint density at radius 2 is 2.06 bits per heavy atom. The van der Waals surface area contributed by atoms with Crippen molar-refractivity contribution in [2.24, 2.45) is 5.73 Å². The average Bonchev–Trinajstić information content (AvgIpc) is 2.39. The van der Waals surface area contributed by atoms with Crippen molar-refractivity contribution in [2.75, 3.05) is 33.2 Å². The molecule has 1 aromatic rings. The molecule has 1 fully saturated rings. The van der Waals surface area contributed by atoms with Crippen molar-refractivity contribution in [2.45, 2.75) is 6.54 Å². The van der Waals surface area contributed by atoms with Crippen molar-refractivity contribution < 1.29 is 4.79 Å². The first-order valence-corrected chi connectivity index (χ1v) is 5.83. The van der Waals surface area contributed by atoms with Gasteiger partial charge in [-0.2, -0.15) is 0 Å². The van der Waals surface area contributed by atoms with E-state index in [2.05, 4.69) is 16.9 Å². The zero-order valence-corrected chi connectivity index (χ0v) is 10.1. The summed E-state index contributed by atoms with van der Waals surface area (Å²) >= 11 is 0. The maximum absolute atomic E-state index is 12.1. The third-order valence-electron chi connectivity index (χ3n) is 3.07. The number of pyridine rings is 1. The van der Waals surface area contributed by atoms with Crippen LogP contribution in [0.25, 0.3) is 0 Å². The van der Waals surface area contributed by atoms with Crippen LogP contribution in [-0.4, -0.2) is 53.9 Å². The predicted octanol–water partition coefficient (Wildman–Crippen LogP) is -0.0721. The zero-order valence-electron chi connectivity index (χ0n) is 10.1. The summed E-state index contributed by atoms with van der Waals surface area (Å²) in [5.41, 5.74) is 6.92. The molecule has 0 spiro atoms. The van der Waals surface area contributed by atoms with E-state index in [1.807, 2.05) is 11.0 Å². The van der Waals surface area contributed by atoms with E-state index in [0.717, 1.165) is 31.9 Å². The SMILES string of the molecule is CN1CCN(C(=O)c2ccc(CN)nc2)CC1. The van der Waals surface area contributed by atoms with E-state index < -0.39 is 0 Å². The predicted molar refractivity (Wildman–Crippen MR) is 65.5 cm³/mol. The molecule has 17 heavy (non-hydrogen) atoms. The number of hydrogen-bond donors (Lipinski definition) is 1. The molecular formula is C12H18N4O. The number of aromatic nitrogens is 1. The van der Waals surface area contributed by atoms with Crippen molar-refractivity contribution in [3.8, 4) is 0 Å². The second-order valence-corrected chi connectivity index (χ2v) is 4.34. The summed E-state index contributed by atoms with van der Waals surface area (Å²) in [6.07, 6.45) is 1.61. The molecule has 0 atom stereocenters.